The van der Waals surface area contributed by atoms with Gasteiger partial charge in [-0.3, -0.25) is 4.79 Å². The summed E-state index contributed by atoms with van der Waals surface area (Å²) in [5, 5.41) is 3.61. The van der Waals surface area contributed by atoms with Gasteiger partial charge in [0, 0.05) is 24.1 Å². The standard InChI is InChI=1S/C23H23FN6OS/c1-29-8-5-14(6-9-29)15-3-4-20(25-12-15)27-23-26-13-17(24)21(28-23)19-11-16-18(32-19)7-10-30(2)22(16)31/h3-4,7,10-14H,5-6,8-9H2,1-2H3,(H,25,26,27,28). The Morgan fingerprint density at radius 1 is 1.12 bits per heavy atom. The molecule has 0 atom stereocenters. The molecule has 0 saturated carbocycles. The van der Waals surface area contributed by atoms with Crippen LogP contribution in [0.4, 0.5) is 16.2 Å². The highest BCUT2D eigenvalue weighted by Gasteiger charge is 2.19. The molecule has 1 N–H and O–H groups in total. The van der Waals surface area contributed by atoms with E-state index in [4.69, 9.17) is 0 Å². The van der Waals surface area contributed by atoms with E-state index in [2.05, 4.69) is 38.3 Å². The number of halogens is 1. The number of aryl methyl sites for hydroxylation is 1. The predicted molar refractivity (Wildman–Crippen MR) is 125 cm³/mol. The summed E-state index contributed by atoms with van der Waals surface area (Å²) in [6.45, 7) is 2.20. The van der Waals surface area contributed by atoms with E-state index in [0.717, 1.165) is 36.8 Å². The number of hydrogen-bond acceptors (Lipinski definition) is 7. The summed E-state index contributed by atoms with van der Waals surface area (Å²) in [5.74, 6) is 0.849. The molecule has 1 fully saturated rings. The second kappa shape index (κ2) is 8.40. The van der Waals surface area contributed by atoms with Crippen molar-refractivity contribution in [2.24, 2.45) is 7.05 Å². The summed E-state index contributed by atoms with van der Waals surface area (Å²) in [4.78, 5) is 28.2. The number of anilines is 2. The van der Waals surface area contributed by atoms with E-state index in [1.807, 2.05) is 18.3 Å². The maximum atomic E-state index is 14.5. The quantitative estimate of drug-likeness (QED) is 0.504. The maximum absolute atomic E-state index is 14.5. The number of hydrogen-bond donors (Lipinski definition) is 1. The van der Waals surface area contributed by atoms with Crippen molar-refractivity contribution in [1.82, 2.24) is 24.4 Å². The molecule has 32 heavy (non-hydrogen) atoms. The normalized spacial score (nSPS) is 15.3. The largest absolute Gasteiger partial charge is 0.318 e. The third-order valence-electron chi connectivity index (χ3n) is 5.95. The van der Waals surface area contributed by atoms with E-state index >= 15 is 0 Å². The fraction of sp³-hybridized carbons (Fsp3) is 0.304. The van der Waals surface area contributed by atoms with Crippen molar-refractivity contribution >= 4 is 33.2 Å². The topological polar surface area (TPSA) is 75.9 Å². The van der Waals surface area contributed by atoms with Gasteiger partial charge in [-0.25, -0.2) is 19.3 Å². The van der Waals surface area contributed by atoms with Crippen molar-refractivity contribution in [2.45, 2.75) is 18.8 Å². The van der Waals surface area contributed by atoms with E-state index < -0.39 is 5.82 Å². The molecule has 5 heterocycles. The van der Waals surface area contributed by atoms with Crippen molar-refractivity contribution in [3.05, 3.63) is 64.6 Å². The summed E-state index contributed by atoms with van der Waals surface area (Å²) in [6, 6.07) is 7.52. The molecular weight excluding hydrogens is 427 g/mol. The lowest BCUT2D eigenvalue weighted by atomic mass is 9.91. The monoisotopic (exact) mass is 450 g/mol. The van der Waals surface area contributed by atoms with Crippen molar-refractivity contribution in [2.75, 3.05) is 25.5 Å². The molecule has 4 aromatic rings. The Labute approximate surface area is 188 Å². The minimum atomic E-state index is -0.537. The zero-order chi connectivity index (χ0) is 22.2. The first kappa shape index (κ1) is 20.7. The summed E-state index contributed by atoms with van der Waals surface area (Å²) >= 11 is 1.33. The number of nitrogens with zero attached hydrogens (tertiary/aromatic N) is 5. The minimum absolute atomic E-state index is 0.119. The van der Waals surface area contributed by atoms with Gasteiger partial charge in [-0.05, 0) is 62.7 Å². The second-order valence-electron chi connectivity index (χ2n) is 8.19. The van der Waals surface area contributed by atoms with Crippen molar-refractivity contribution in [3.8, 4) is 10.6 Å². The van der Waals surface area contributed by atoms with Crippen LogP contribution >= 0.6 is 11.3 Å². The predicted octanol–water partition coefficient (Wildman–Crippen LogP) is 4.14. The highest BCUT2D eigenvalue weighted by Crippen LogP contribution is 2.33. The SMILES string of the molecule is CN1CCC(c2ccc(Nc3ncc(F)c(-c4cc5c(=O)n(C)ccc5s4)n3)nc2)CC1. The molecule has 0 unspecified atom stereocenters. The Hall–Kier alpha value is -3.17. The molecule has 1 aliphatic rings. The van der Waals surface area contributed by atoms with Gasteiger partial charge in [-0.1, -0.05) is 6.07 Å². The first-order valence-electron chi connectivity index (χ1n) is 10.5. The average molecular weight is 451 g/mol. The van der Waals surface area contributed by atoms with E-state index in [1.54, 1.807) is 19.3 Å². The zero-order valence-electron chi connectivity index (χ0n) is 17.9. The molecule has 0 bridgehead atoms. The van der Waals surface area contributed by atoms with Crippen LogP contribution in [0.2, 0.25) is 0 Å². The third-order valence-corrected chi connectivity index (χ3v) is 7.06. The van der Waals surface area contributed by atoms with Gasteiger partial charge in [0.2, 0.25) is 5.95 Å². The molecule has 164 valence electrons. The Morgan fingerprint density at radius 3 is 2.69 bits per heavy atom. The molecule has 7 nitrogen and oxygen atoms in total. The van der Waals surface area contributed by atoms with Gasteiger partial charge in [-0.15, -0.1) is 11.3 Å². The molecule has 4 aromatic heterocycles. The van der Waals surface area contributed by atoms with Crippen LogP contribution in [-0.4, -0.2) is 44.6 Å². The molecule has 0 radical (unpaired) electrons. The number of fused-ring (bicyclic) bond motifs is 1. The Bertz CT molecular complexity index is 1320. The highest BCUT2D eigenvalue weighted by atomic mass is 32.1. The second-order valence-corrected chi connectivity index (χ2v) is 9.27. The lowest BCUT2D eigenvalue weighted by Gasteiger charge is -2.29. The number of piperidine rings is 1. The molecule has 5 rings (SSSR count). The van der Waals surface area contributed by atoms with Crippen LogP contribution in [0.25, 0.3) is 20.7 Å². The number of thiophene rings is 1. The molecule has 0 amide bonds. The Balaban J connectivity index is 1.38. The van der Waals surface area contributed by atoms with Crippen LogP contribution in [0, 0.1) is 5.82 Å². The van der Waals surface area contributed by atoms with Crippen LogP contribution in [0.3, 0.4) is 0 Å². The number of aromatic nitrogens is 4. The molecule has 0 aromatic carbocycles. The van der Waals surface area contributed by atoms with Gasteiger partial charge in [0.15, 0.2) is 5.82 Å². The fourth-order valence-electron chi connectivity index (χ4n) is 4.03. The van der Waals surface area contributed by atoms with Crippen LogP contribution < -0.4 is 10.9 Å². The lowest BCUT2D eigenvalue weighted by molar-refractivity contribution is 0.255. The van der Waals surface area contributed by atoms with Crippen LogP contribution in [-0.2, 0) is 7.05 Å². The fourth-order valence-corrected chi connectivity index (χ4v) is 5.07. The number of nitrogens with one attached hydrogen (secondary N) is 1. The lowest BCUT2D eigenvalue weighted by Crippen LogP contribution is -2.29. The van der Waals surface area contributed by atoms with Crippen molar-refractivity contribution in [1.29, 1.82) is 0 Å². The summed E-state index contributed by atoms with van der Waals surface area (Å²) in [6.07, 6.45) is 7.00. The number of likely N-dealkylation sites (tertiary alicyclic amines) is 1. The molecule has 9 heteroatoms. The molecule has 0 spiro atoms. The van der Waals surface area contributed by atoms with E-state index in [9.17, 15) is 9.18 Å². The highest BCUT2D eigenvalue weighted by molar-refractivity contribution is 7.22. The first-order chi connectivity index (χ1) is 15.5. The summed E-state index contributed by atoms with van der Waals surface area (Å²) in [7, 11) is 3.84. The van der Waals surface area contributed by atoms with Gasteiger partial charge in [-0.2, -0.15) is 0 Å². The number of pyridine rings is 2. The third kappa shape index (κ3) is 4.01. The van der Waals surface area contributed by atoms with Gasteiger partial charge < -0.3 is 14.8 Å². The number of rotatable bonds is 4. The molecule has 0 aliphatic carbocycles. The van der Waals surface area contributed by atoms with Crippen molar-refractivity contribution < 1.29 is 4.39 Å². The van der Waals surface area contributed by atoms with E-state index in [1.165, 1.54) is 21.5 Å². The van der Waals surface area contributed by atoms with Gasteiger partial charge in [0.1, 0.15) is 11.5 Å². The maximum Gasteiger partial charge on any atom is 0.259 e. The summed E-state index contributed by atoms with van der Waals surface area (Å²) < 4.78 is 16.8. The van der Waals surface area contributed by atoms with Gasteiger partial charge in [0.05, 0.1) is 16.5 Å². The van der Waals surface area contributed by atoms with Crippen LogP contribution in [0.5, 0.6) is 0 Å². The average Bonchev–Trinajstić information content (AvgIpc) is 3.24. The molecule has 1 saturated heterocycles. The minimum Gasteiger partial charge on any atom is -0.318 e. The van der Waals surface area contributed by atoms with Gasteiger partial charge in [0.25, 0.3) is 5.56 Å². The van der Waals surface area contributed by atoms with Crippen LogP contribution in [0.15, 0.2) is 47.7 Å². The zero-order valence-corrected chi connectivity index (χ0v) is 18.7. The van der Waals surface area contributed by atoms with Crippen LogP contribution in [0.1, 0.15) is 24.3 Å². The van der Waals surface area contributed by atoms with Crippen molar-refractivity contribution in [3.63, 3.8) is 0 Å². The summed E-state index contributed by atoms with van der Waals surface area (Å²) in [5.41, 5.74) is 1.27. The van der Waals surface area contributed by atoms with Gasteiger partial charge >= 0.3 is 0 Å². The molecule has 1 aliphatic heterocycles. The smallest absolute Gasteiger partial charge is 0.259 e. The first-order valence-corrected chi connectivity index (χ1v) is 11.3. The Kier molecular flexibility index (Phi) is 5.44. The van der Waals surface area contributed by atoms with E-state index in [-0.39, 0.29) is 17.2 Å². The Morgan fingerprint density at radius 2 is 1.94 bits per heavy atom. The van der Waals surface area contributed by atoms with E-state index in [0.29, 0.717) is 22.0 Å². The molecular formula is C23H23FN6OS.